The summed E-state index contributed by atoms with van der Waals surface area (Å²) in [5.74, 6) is 0.0307. The molecule has 1 aliphatic heterocycles. The quantitative estimate of drug-likeness (QED) is 0.729. The fourth-order valence-electron chi connectivity index (χ4n) is 3.00. The van der Waals surface area contributed by atoms with Crippen molar-refractivity contribution in [2.24, 2.45) is 0 Å². The Kier molecular flexibility index (Phi) is 3.92. The van der Waals surface area contributed by atoms with Crippen LogP contribution in [0.4, 0.5) is 0 Å². The first kappa shape index (κ1) is 14.8. The van der Waals surface area contributed by atoms with Crippen molar-refractivity contribution in [2.45, 2.75) is 6.10 Å². The summed E-state index contributed by atoms with van der Waals surface area (Å²) in [6.45, 7) is 1.69. The van der Waals surface area contributed by atoms with Gasteiger partial charge in [-0.05, 0) is 42.0 Å². The summed E-state index contributed by atoms with van der Waals surface area (Å²) < 4.78 is 5.82. The van der Waals surface area contributed by atoms with Crippen LogP contribution in [0.1, 0.15) is 22.0 Å². The number of hydrogen-bond acceptors (Lipinski definition) is 4. The molecular weight excluding hydrogens is 302 g/mol. The normalized spacial score (nSPS) is 17.8. The number of hydrogen-bond donors (Lipinski definition) is 0. The van der Waals surface area contributed by atoms with Crippen molar-refractivity contribution in [3.05, 3.63) is 72.2 Å². The van der Waals surface area contributed by atoms with Crippen molar-refractivity contribution in [2.75, 3.05) is 19.7 Å². The molecule has 5 nitrogen and oxygen atoms in total. The molecule has 0 unspecified atom stereocenters. The zero-order valence-electron chi connectivity index (χ0n) is 13.1. The third-order valence-electron chi connectivity index (χ3n) is 4.28. The molecule has 0 spiro atoms. The summed E-state index contributed by atoms with van der Waals surface area (Å²) in [6, 6.07) is 13.4. The lowest BCUT2D eigenvalue weighted by Crippen LogP contribution is -2.42. The molecule has 3 heterocycles. The van der Waals surface area contributed by atoms with Crippen molar-refractivity contribution in [3.63, 3.8) is 0 Å². The van der Waals surface area contributed by atoms with Crippen LogP contribution in [0.2, 0.25) is 0 Å². The Hall–Kier alpha value is -2.79. The SMILES string of the molecule is O=C(c1ccc2ncccc2c1)N1CCO[C@H](c2ccncc2)C1. The summed E-state index contributed by atoms with van der Waals surface area (Å²) in [6.07, 6.45) is 5.14. The molecule has 120 valence electrons. The maximum absolute atomic E-state index is 12.9. The number of benzene rings is 1. The summed E-state index contributed by atoms with van der Waals surface area (Å²) in [4.78, 5) is 23.0. The molecule has 0 saturated carbocycles. The summed E-state index contributed by atoms with van der Waals surface area (Å²) in [7, 11) is 0. The average molecular weight is 319 g/mol. The zero-order valence-corrected chi connectivity index (χ0v) is 13.1. The predicted molar refractivity (Wildman–Crippen MR) is 90.6 cm³/mol. The van der Waals surface area contributed by atoms with Gasteiger partial charge in [0.05, 0.1) is 18.7 Å². The number of fused-ring (bicyclic) bond motifs is 1. The van der Waals surface area contributed by atoms with Crippen LogP contribution in [0.3, 0.4) is 0 Å². The second-order valence-electron chi connectivity index (χ2n) is 5.80. The van der Waals surface area contributed by atoms with E-state index in [4.69, 9.17) is 4.74 Å². The van der Waals surface area contributed by atoms with E-state index in [1.54, 1.807) is 18.6 Å². The van der Waals surface area contributed by atoms with Gasteiger partial charge in [-0.1, -0.05) is 6.07 Å². The van der Waals surface area contributed by atoms with Gasteiger partial charge in [-0.15, -0.1) is 0 Å². The highest BCUT2D eigenvalue weighted by atomic mass is 16.5. The lowest BCUT2D eigenvalue weighted by molar-refractivity contribution is -0.0228. The highest BCUT2D eigenvalue weighted by molar-refractivity contribution is 5.98. The third kappa shape index (κ3) is 2.86. The molecule has 1 fully saturated rings. The fraction of sp³-hybridized carbons (Fsp3) is 0.211. The van der Waals surface area contributed by atoms with Gasteiger partial charge in [0.15, 0.2) is 0 Å². The van der Waals surface area contributed by atoms with Gasteiger partial charge in [0.1, 0.15) is 6.10 Å². The van der Waals surface area contributed by atoms with Gasteiger partial charge in [0.2, 0.25) is 0 Å². The molecule has 24 heavy (non-hydrogen) atoms. The Morgan fingerprint density at radius 2 is 2.00 bits per heavy atom. The number of amides is 1. The van der Waals surface area contributed by atoms with E-state index < -0.39 is 0 Å². The number of aromatic nitrogens is 2. The first-order valence-electron chi connectivity index (χ1n) is 7.97. The smallest absolute Gasteiger partial charge is 0.254 e. The maximum Gasteiger partial charge on any atom is 0.254 e. The molecule has 0 radical (unpaired) electrons. The van der Waals surface area contributed by atoms with Crippen LogP contribution >= 0.6 is 0 Å². The van der Waals surface area contributed by atoms with Gasteiger partial charge < -0.3 is 9.64 Å². The molecule has 0 aliphatic carbocycles. The molecule has 3 aromatic rings. The monoisotopic (exact) mass is 319 g/mol. The van der Waals surface area contributed by atoms with Crippen LogP contribution in [-0.4, -0.2) is 40.5 Å². The van der Waals surface area contributed by atoms with E-state index in [-0.39, 0.29) is 12.0 Å². The molecule has 0 bridgehead atoms. The minimum Gasteiger partial charge on any atom is -0.370 e. The van der Waals surface area contributed by atoms with E-state index in [1.807, 2.05) is 47.4 Å². The van der Waals surface area contributed by atoms with Crippen LogP contribution in [-0.2, 0) is 4.74 Å². The summed E-state index contributed by atoms with van der Waals surface area (Å²) in [5, 5.41) is 0.974. The Balaban J connectivity index is 1.56. The topological polar surface area (TPSA) is 55.3 Å². The lowest BCUT2D eigenvalue weighted by atomic mass is 10.1. The molecule has 1 aromatic carbocycles. The molecule has 1 atom stereocenters. The predicted octanol–water partition coefficient (Wildman–Crippen LogP) is 2.84. The highest BCUT2D eigenvalue weighted by Gasteiger charge is 2.26. The van der Waals surface area contributed by atoms with Crippen molar-refractivity contribution in [3.8, 4) is 0 Å². The number of pyridine rings is 2. The van der Waals surface area contributed by atoms with E-state index in [0.717, 1.165) is 16.5 Å². The maximum atomic E-state index is 12.9. The molecule has 5 heteroatoms. The molecule has 2 aromatic heterocycles. The Morgan fingerprint density at radius 3 is 2.88 bits per heavy atom. The van der Waals surface area contributed by atoms with E-state index in [9.17, 15) is 4.79 Å². The van der Waals surface area contributed by atoms with E-state index in [2.05, 4.69) is 9.97 Å². The van der Waals surface area contributed by atoms with Crippen molar-refractivity contribution in [1.29, 1.82) is 0 Å². The molecule has 0 N–H and O–H groups in total. The summed E-state index contributed by atoms with van der Waals surface area (Å²) >= 11 is 0. The minimum absolute atomic E-state index is 0.0307. The van der Waals surface area contributed by atoms with Gasteiger partial charge in [0, 0.05) is 36.1 Å². The first-order valence-corrected chi connectivity index (χ1v) is 7.97. The van der Waals surface area contributed by atoms with E-state index in [1.165, 1.54) is 0 Å². The minimum atomic E-state index is -0.104. The Bertz CT molecular complexity index is 867. The van der Waals surface area contributed by atoms with Gasteiger partial charge in [-0.2, -0.15) is 0 Å². The van der Waals surface area contributed by atoms with Crippen LogP contribution < -0.4 is 0 Å². The Morgan fingerprint density at radius 1 is 1.12 bits per heavy atom. The standard InChI is InChI=1S/C19H17N3O2/c23-19(16-3-4-17-15(12-16)2-1-7-21-17)22-10-11-24-18(13-22)14-5-8-20-9-6-14/h1-9,12,18H,10-11,13H2/t18-/m0/s1. The third-order valence-corrected chi connectivity index (χ3v) is 4.28. The molecule has 4 rings (SSSR count). The van der Waals surface area contributed by atoms with E-state index in [0.29, 0.717) is 25.3 Å². The van der Waals surface area contributed by atoms with Gasteiger partial charge in [-0.3, -0.25) is 14.8 Å². The largest absolute Gasteiger partial charge is 0.370 e. The average Bonchev–Trinajstić information content (AvgIpc) is 2.68. The fourth-order valence-corrected chi connectivity index (χ4v) is 3.00. The van der Waals surface area contributed by atoms with Crippen molar-refractivity contribution < 1.29 is 9.53 Å². The number of carbonyl (C=O) groups is 1. The molecule has 1 aliphatic rings. The van der Waals surface area contributed by atoms with Crippen LogP contribution in [0.25, 0.3) is 10.9 Å². The number of ether oxygens (including phenoxy) is 1. The number of nitrogens with zero attached hydrogens (tertiary/aromatic N) is 3. The van der Waals surface area contributed by atoms with Gasteiger partial charge >= 0.3 is 0 Å². The van der Waals surface area contributed by atoms with Crippen LogP contribution in [0.15, 0.2) is 61.1 Å². The van der Waals surface area contributed by atoms with E-state index >= 15 is 0 Å². The Labute approximate surface area is 139 Å². The molecule has 1 saturated heterocycles. The number of carbonyl (C=O) groups excluding carboxylic acids is 1. The molecule has 1 amide bonds. The van der Waals surface area contributed by atoms with Crippen LogP contribution in [0.5, 0.6) is 0 Å². The highest BCUT2D eigenvalue weighted by Crippen LogP contribution is 2.23. The molecular formula is C19H17N3O2. The van der Waals surface area contributed by atoms with Crippen LogP contribution in [0, 0.1) is 0 Å². The van der Waals surface area contributed by atoms with Crippen molar-refractivity contribution >= 4 is 16.8 Å². The zero-order chi connectivity index (χ0) is 16.4. The lowest BCUT2D eigenvalue weighted by Gasteiger charge is -2.33. The second kappa shape index (κ2) is 6.37. The van der Waals surface area contributed by atoms with Gasteiger partial charge in [0.25, 0.3) is 5.91 Å². The number of morpholine rings is 1. The van der Waals surface area contributed by atoms with Gasteiger partial charge in [-0.25, -0.2) is 0 Å². The summed E-state index contributed by atoms with van der Waals surface area (Å²) in [5.41, 5.74) is 2.63. The van der Waals surface area contributed by atoms with Crippen molar-refractivity contribution in [1.82, 2.24) is 14.9 Å². The second-order valence-corrected chi connectivity index (χ2v) is 5.80. The number of rotatable bonds is 2. The first-order chi connectivity index (χ1) is 11.8.